The van der Waals surface area contributed by atoms with Gasteiger partial charge < -0.3 is 4.74 Å². The van der Waals surface area contributed by atoms with Gasteiger partial charge in [-0.2, -0.15) is 0 Å². The second-order valence-electron chi connectivity index (χ2n) is 9.24. The smallest absolute Gasteiger partial charge is 0.238 e. The summed E-state index contributed by atoms with van der Waals surface area (Å²) in [6.07, 6.45) is 5.49. The van der Waals surface area contributed by atoms with E-state index in [-0.39, 0.29) is 47.9 Å². The number of hydrogen-bond donors (Lipinski definition) is 0. The second-order valence-corrected chi connectivity index (χ2v) is 9.24. The molecule has 0 unspecified atom stereocenters. The number of aryl methyl sites for hydroxylation is 1. The van der Waals surface area contributed by atoms with Crippen molar-refractivity contribution in [3.63, 3.8) is 0 Å². The molecule has 5 aliphatic rings. The summed E-state index contributed by atoms with van der Waals surface area (Å²) in [5, 5.41) is 0. The Hall–Kier alpha value is -3.21. The van der Waals surface area contributed by atoms with Crippen LogP contribution in [0.5, 0.6) is 5.75 Å². The molecule has 6 atom stereocenters. The van der Waals surface area contributed by atoms with Crippen LogP contribution < -0.4 is 9.64 Å². The highest BCUT2D eigenvalue weighted by atomic mass is 16.5. The first-order valence-corrected chi connectivity index (χ1v) is 10.9. The lowest BCUT2D eigenvalue weighted by molar-refractivity contribution is -0.124. The largest absolute Gasteiger partial charge is 0.485 e. The minimum Gasteiger partial charge on any atom is -0.485 e. The molecule has 7 rings (SSSR count). The zero-order chi connectivity index (χ0) is 21.3. The van der Waals surface area contributed by atoms with Gasteiger partial charge in [0.2, 0.25) is 11.8 Å². The minimum atomic E-state index is -0.223. The monoisotopic (exact) mass is 413 g/mol. The molecule has 2 aromatic carbocycles. The van der Waals surface area contributed by atoms with E-state index in [0.29, 0.717) is 28.8 Å². The van der Waals surface area contributed by atoms with Crippen molar-refractivity contribution in [3.8, 4) is 5.75 Å². The van der Waals surface area contributed by atoms with Gasteiger partial charge >= 0.3 is 0 Å². The van der Waals surface area contributed by atoms with E-state index in [1.54, 1.807) is 36.4 Å². The van der Waals surface area contributed by atoms with Crippen LogP contribution in [0.2, 0.25) is 0 Å². The first kappa shape index (κ1) is 18.6. The number of ether oxygens (including phenoxy) is 1. The van der Waals surface area contributed by atoms with Crippen LogP contribution in [-0.4, -0.2) is 24.2 Å². The first-order chi connectivity index (χ1) is 15.0. The lowest BCUT2D eigenvalue weighted by Gasteiger charge is -2.37. The van der Waals surface area contributed by atoms with Crippen LogP contribution in [0, 0.1) is 42.4 Å². The lowest BCUT2D eigenvalue weighted by Crippen LogP contribution is -2.40. The van der Waals surface area contributed by atoms with Crippen molar-refractivity contribution >= 4 is 23.3 Å². The molecule has 2 bridgehead atoms. The third kappa shape index (κ3) is 2.79. The number of Topliss-reactive ketones (excluding diaryl/α,β-unsaturated/α-hetero) is 1. The Bertz CT molecular complexity index is 1100. The molecule has 31 heavy (non-hydrogen) atoms. The molecule has 4 aliphatic carbocycles. The van der Waals surface area contributed by atoms with Gasteiger partial charge in [-0.3, -0.25) is 14.4 Å². The fourth-order valence-corrected chi connectivity index (χ4v) is 5.90. The average Bonchev–Trinajstić information content (AvgIpc) is 3.56. The van der Waals surface area contributed by atoms with Crippen LogP contribution in [0.15, 0.2) is 60.7 Å². The van der Waals surface area contributed by atoms with Crippen molar-refractivity contribution in [1.82, 2.24) is 0 Å². The normalized spacial score (nSPS) is 32.1. The summed E-state index contributed by atoms with van der Waals surface area (Å²) in [5.74, 6) is 1.29. The number of benzene rings is 2. The van der Waals surface area contributed by atoms with Gasteiger partial charge in [-0.1, -0.05) is 48.0 Å². The maximum atomic E-state index is 13.3. The molecule has 5 heteroatoms. The SMILES string of the molecule is Cc1ccc(C(=O)COc2cccc(N3C(=O)[C@@H]4[C@@H]5C=C[C@H]([C@H]6C[C@@H]56)[C@@H]4C3=O)c2)cc1. The van der Waals surface area contributed by atoms with Crippen molar-refractivity contribution in [2.45, 2.75) is 13.3 Å². The quantitative estimate of drug-likeness (QED) is 0.425. The van der Waals surface area contributed by atoms with Gasteiger partial charge in [-0.15, -0.1) is 0 Å². The maximum Gasteiger partial charge on any atom is 0.238 e. The highest BCUT2D eigenvalue weighted by Gasteiger charge is 2.67. The van der Waals surface area contributed by atoms with Crippen molar-refractivity contribution in [2.75, 3.05) is 11.5 Å². The zero-order valence-electron chi connectivity index (χ0n) is 17.2. The topological polar surface area (TPSA) is 63.7 Å². The van der Waals surface area contributed by atoms with Gasteiger partial charge in [0.15, 0.2) is 12.4 Å². The van der Waals surface area contributed by atoms with Crippen LogP contribution in [0.25, 0.3) is 0 Å². The van der Waals surface area contributed by atoms with Crippen molar-refractivity contribution < 1.29 is 19.1 Å². The Kier molecular flexibility index (Phi) is 3.98. The Morgan fingerprint density at radius 3 is 2.26 bits per heavy atom. The first-order valence-electron chi connectivity index (χ1n) is 10.9. The van der Waals surface area contributed by atoms with E-state index in [2.05, 4.69) is 12.2 Å². The number of rotatable bonds is 5. The fraction of sp³-hybridized carbons (Fsp3) is 0.346. The summed E-state index contributed by atoms with van der Waals surface area (Å²) in [6, 6.07) is 14.3. The van der Waals surface area contributed by atoms with E-state index in [1.165, 1.54) is 4.90 Å². The number of imide groups is 1. The summed E-state index contributed by atoms with van der Waals surface area (Å²) in [5.41, 5.74) is 2.21. The van der Waals surface area contributed by atoms with Crippen molar-refractivity contribution in [2.24, 2.45) is 35.5 Å². The molecule has 0 aromatic heterocycles. The summed E-state index contributed by atoms with van der Waals surface area (Å²) in [6.45, 7) is 1.87. The molecule has 2 amide bonds. The number of allylic oxidation sites excluding steroid dienone is 2. The molecule has 156 valence electrons. The number of nitrogens with zero attached hydrogens (tertiary/aromatic N) is 1. The summed E-state index contributed by atoms with van der Waals surface area (Å²) in [7, 11) is 0. The molecule has 0 N–H and O–H groups in total. The van der Waals surface area contributed by atoms with Gasteiger partial charge in [0.05, 0.1) is 17.5 Å². The number of anilines is 1. The van der Waals surface area contributed by atoms with E-state index in [1.807, 2.05) is 19.1 Å². The van der Waals surface area contributed by atoms with E-state index in [4.69, 9.17) is 4.74 Å². The molecule has 1 heterocycles. The van der Waals surface area contributed by atoms with Gasteiger partial charge in [0, 0.05) is 11.6 Å². The predicted molar refractivity (Wildman–Crippen MR) is 115 cm³/mol. The number of ketones is 1. The Balaban J connectivity index is 1.20. The van der Waals surface area contributed by atoms with Crippen LogP contribution in [0.3, 0.4) is 0 Å². The van der Waals surface area contributed by atoms with E-state index < -0.39 is 0 Å². The van der Waals surface area contributed by atoms with E-state index in [0.717, 1.165) is 12.0 Å². The molecule has 0 radical (unpaired) electrons. The van der Waals surface area contributed by atoms with Gasteiger partial charge in [0.1, 0.15) is 5.75 Å². The number of carbonyl (C=O) groups excluding carboxylic acids is 3. The molecular weight excluding hydrogens is 390 g/mol. The second kappa shape index (κ2) is 6.64. The standard InChI is InChI=1S/C26H23NO4/c1-14-5-7-15(8-6-14)22(28)13-31-17-4-2-3-16(11-17)27-25(29)23-18-9-10-19(21-12-20(18)21)24(23)26(27)30/h2-11,18-21,23-24H,12-13H2,1H3/t18-,19-,20-,21+,23+,24-/m1/s1. The summed E-state index contributed by atoms with van der Waals surface area (Å²) in [4.78, 5) is 40.3. The van der Waals surface area contributed by atoms with Gasteiger partial charge in [0.25, 0.3) is 0 Å². The maximum absolute atomic E-state index is 13.3. The number of hydrogen-bond acceptors (Lipinski definition) is 4. The third-order valence-corrected chi connectivity index (χ3v) is 7.48. The molecule has 1 aliphatic heterocycles. The highest BCUT2D eigenvalue weighted by molar-refractivity contribution is 6.22. The number of carbonyl (C=O) groups is 3. The molecule has 1 saturated heterocycles. The van der Waals surface area contributed by atoms with E-state index >= 15 is 0 Å². The Labute approximate surface area is 180 Å². The lowest BCUT2D eigenvalue weighted by atomic mass is 9.63. The Morgan fingerprint density at radius 1 is 0.968 bits per heavy atom. The molecule has 5 nitrogen and oxygen atoms in total. The molecule has 2 aromatic rings. The molecule has 0 spiro atoms. The van der Waals surface area contributed by atoms with Crippen LogP contribution in [-0.2, 0) is 9.59 Å². The van der Waals surface area contributed by atoms with Crippen LogP contribution >= 0.6 is 0 Å². The number of amides is 2. The molecular formula is C26H23NO4. The average molecular weight is 413 g/mol. The predicted octanol–water partition coefficient (Wildman–Crippen LogP) is 3.81. The third-order valence-electron chi connectivity index (χ3n) is 7.48. The van der Waals surface area contributed by atoms with Crippen LogP contribution in [0.4, 0.5) is 5.69 Å². The van der Waals surface area contributed by atoms with Crippen molar-refractivity contribution in [3.05, 3.63) is 71.8 Å². The van der Waals surface area contributed by atoms with Crippen molar-refractivity contribution in [1.29, 1.82) is 0 Å². The molecule has 2 saturated carbocycles. The fourth-order valence-electron chi connectivity index (χ4n) is 5.90. The summed E-state index contributed by atoms with van der Waals surface area (Å²) < 4.78 is 5.71. The minimum absolute atomic E-state index is 0.0902. The Morgan fingerprint density at radius 2 is 1.61 bits per heavy atom. The van der Waals surface area contributed by atoms with Gasteiger partial charge in [-0.05, 0) is 49.1 Å². The highest BCUT2D eigenvalue weighted by Crippen LogP contribution is 2.65. The molecule has 3 fully saturated rings. The summed E-state index contributed by atoms with van der Waals surface area (Å²) >= 11 is 0. The van der Waals surface area contributed by atoms with E-state index in [9.17, 15) is 14.4 Å². The van der Waals surface area contributed by atoms with Crippen LogP contribution in [0.1, 0.15) is 22.3 Å². The van der Waals surface area contributed by atoms with Gasteiger partial charge in [-0.25, -0.2) is 4.90 Å². The zero-order valence-corrected chi connectivity index (χ0v) is 17.2.